The Kier molecular flexibility index (Phi) is 8.83. The standard InChI is InChI=1S/C7H11I3O2Si/c1-2-4-7(11)12-5-3-6-13(8,9)10/h2,4H,3,5-6H2,1H3. The molecule has 0 atom stereocenters. The van der Waals surface area contributed by atoms with Crippen LogP contribution in [0.2, 0.25) is 6.04 Å². The quantitative estimate of drug-likeness (QED) is 0.134. The summed E-state index contributed by atoms with van der Waals surface area (Å²) in [5.41, 5.74) is 0. The van der Waals surface area contributed by atoms with Crippen molar-refractivity contribution in [3.63, 3.8) is 0 Å². The number of allylic oxidation sites excluding steroid dienone is 1. The van der Waals surface area contributed by atoms with Crippen molar-refractivity contribution in [2.75, 3.05) is 6.61 Å². The Labute approximate surface area is 118 Å². The number of carbonyl (C=O) groups excluding carboxylic acids is 1. The number of esters is 1. The lowest BCUT2D eigenvalue weighted by molar-refractivity contribution is -0.137. The van der Waals surface area contributed by atoms with Crippen LogP contribution in [-0.4, -0.2) is 13.1 Å². The van der Waals surface area contributed by atoms with Gasteiger partial charge in [0.05, 0.1) is 6.61 Å². The van der Waals surface area contributed by atoms with Gasteiger partial charge in [0.1, 0.15) is 0 Å². The van der Waals surface area contributed by atoms with Gasteiger partial charge in [-0.1, -0.05) is 71.5 Å². The number of hydrogen-bond acceptors (Lipinski definition) is 2. The summed E-state index contributed by atoms with van der Waals surface area (Å²) in [4.78, 5) is 10.9. The van der Waals surface area contributed by atoms with Crippen LogP contribution in [0.5, 0.6) is 0 Å². The Bertz CT molecular complexity index is 189. The van der Waals surface area contributed by atoms with Crippen molar-refractivity contribution < 1.29 is 9.53 Å². The van der Waals surface area contributed by atoms with Crippen molar-refractivity contribution in [2.24, 2.45) is 0 Å². The molecule has 0 saturated heterocycles. The van der Waals surface area contributed by atoms with E-state index in [4.69, 9.17) is 4.74 Å². The maximum atomic E-state index is 10.9. The molecule has 0 N–H and O–H groups in total. The van der Waals surface area contributed by atoms with E-state index >= 15 is 0 Å². The molecule has 0 aromatic rings. The van der Waals surface area contributed by atoms with Gasteiger partial charge in [-0.15, -0.1) is 0 Å². The molecule has 0 aliphatic heterocycles. The van der Waals surface area contributed by atoms with Crippen LogP contribution in [0, 0.1) is 0 Å². The van der Waals surface area contributed by atoms with Crippen molar-refractivity contribution in [2.45, 2.75) is 19.4 Å². The summed E-state index contributed by atoms with van der Waals surface area (Å²) in [7, 11) is 0. The fourth-order valence-corrected chi connectivity index (χ4v) is 4.61. The zero-order chi connectivity index (χ0) is 10.3. The minimum absolute atomic E-state index is 0.231. The molecule has 0 fully saturated rings. The van der Waals surface area contributed by atoms with E-state index in [0.29, 0.717) is 6.61 Å². The molecular weight excluding hydrogens is 525 g/mol. The summed E-state index contributed by atoms with van der Waals surface area (Å²) in [5.74, 6) is -0.231. The van der Waals surface area contributed by atoms with Gasteiger partial charge in [0, 0.05) is 6.08 Å². The first-order valence-electron chi connectivity index (χ1n) is 3.82. The van der Waals surface area contributed by atoms with E-state index in [0.717, 1.165) is 6.42 Å². The van der Waals surface area contributed by atoms with Gasteiger partial charge in [0.2, 0.25) is 0 Å². The van der Waals surface area contributed by atoms with Gasteiger partial charge in [-0.05, 0) is 19.4 Å². The number of hydrogen-bond donors (Lipinski definition) is 0. The van der Waals surface area contributed by atoms with Gasteiger partial charge < -0.3 is 4.74 Å². The second-order valence-electron chi connectivity index (χ2n) is 2.39. The summed E-state index contributed by atoms with van der Waals surface area (Å²) >= 11 is 7.52. The van der Waals surface area contributed by atoms with Gasteiger partial charge in [0.15, 0.2) is 0 Å². The van der Waals surface area contributed by atoms with E-state index in [9.17, 15) is 4.79 Å². The molecule has 0 rings (SSSR count). The van der Waals surface area contributed by atoms with Gasteiger partial charge >= 0.3 is 5.97 Å². The molecule has 0 unspecified atom stereocenters. The fourth-order valence-electron chi connectivity index (χ4n) is 0.630. The highest BCUT2D eigenvalue weighted by Crippen LogP contribution is 2.34. The SMILES string of the molecule is CC=CC(=O)OCCC[Si](I)(I)I. The fraction of sp³-hybridized carbons (Fsp3) is 0.571. The van der Waals surface area contributed by atoms with E-state index in [1.54, 1.807) is 13.0 Å². The first kappa shape index (κ1) is 14.6. The lowest BCUT2D eigenvalue weighted by Gasteiger charge is -2.08. The first-order chi connectivity index (χ1) is 5.95. The summed E-state index contributed by atoms with van der Waals surface area (Å²) in [5, 5.41) is 0. The van der Waals surface area contributed by atoms with Crippen LogP contribution in [-0.2, 0) is 9.53 Å². The summed E-state index contributed by atoms with van der Waals surface area (Å²) in [6, 6.07) is 1.18. The molecular formula is C7H11I3O2Si. The largest absolute Gasteiger partial charge is 0.463 e. The van der Waals surface area contributed by atoms with Crippen LogP contribution in [0.15, 0.2) is 12.2 Å². The van der Waals surface area contributed by atoms with E-state index in [-0.39, 0.29) is 5.97 Å². The predicted octanol–water partition coefficient (Wildman–Crippen LogP) is 3.74. The Morgan fingerprint density at radius 3 is 2.54 bits per heavy atom. The molecule has 6 heteroatoms. The predicted molar refractivity (Wildman–Crippen MR) is 83.0 cm³/mol. The molecule has 0 radical (unpaired) electrons. The van der Waals surface area contributed by atoms with Crippen LogP contribution < -0.4 is 0 Å². The van der Waals surface area contributed by atoms with E-state index in [2.05, 4.69) is 65.4 Å². The molecule has 76 valence electrons. The van der Waals surface area contributed by atoms with E-state index < -0.39 is 0.564 Å². The highest BCUT2D eigenvalue weighted by Gasteiger charge is 2.20. The van der Waals surface area contributed by atoms with Crippen molar-refractivity contribution in [1.82, 2.24) is 0 Å². The van der Waals surface area contributed by atoms with E-state index in [1.165, 1.54) is 12.1 Å². The zero-order valence-corrected chi connectivity index (χ0v) is 14.7. The van der Waals surface area contributed by atoms with Crippen molar-refractivity contribution >= 4 is 71.9 Å². The minimum Gasteiger partial charge on any atom is -0.463 e. The monoisotopic (exact) mass is 536 g/mol. The first-order valence-corrected chi connectivity index (χ1v) is 15.4. The Morgan fingerprint density at radius 1 is 1.46 bits per heavy atom. The van der Waals surface area contributed by atoms with Crippen molar-refractivity contribution in [3.05, 3.63) is 12.2 Å². The van der Waals surface area contributed by atoms with Crippen LogP contribution in [0.1, 0.15) is 13.3 Å². The smallest absolute Gasteiger partial charge is 0.330 e. The second kappa shape index (κ2) is 7.85. The lowest BCUT2D eigenvalue weighted by atomic mass is 10.5. The molecule has 0 spiro atoms. The summed E-state index contributed by atoms with van der Waals surface area (Å²) in [6.45, 7) is 2.35. The Morgan fingerprint density at radius 2 is 2.08 bits per heavy atom. The third kappa shape index (κ3) is 11.5. The van der Waals surface area contributed by atoms with Gasteiger partial charge in [-0.3, -0.25) is 0 Å². The average molecular weight is 536 g/mol. The summed E-state index contributed by atoms with van der Waals surface area (Å²) in [6.07, 6.45) is 4.11. The number of rotatable bonds is 5. The highest BCUT2D eigenvalue weighted by atomic mass is 127. The Hall–Kier alpha value is 1.62. The lowest BCUT2D eigenvalue weighted by Crippen LogP contribution is -2.08. The zero-order valence-electron chi connectivity index (χ0n) is 7.23. The van der Waals surface area contributed by atoms with Crippen LogP contribution in [0.4, 0.5) is 0 Å². The second-order valence-corrected chi connectivity index (χ2v) is 39.3. The molecule has 2 nitrogen and oxygen atoms in total. The maximum Gasteiger partial charge on any atom is 0.330 e. The number of halogens is 3. The molecule has 0 aliphatic rings. The molecule has 0 amide bonds. The van der Waals surface area contributed by atoms with E-state index in [1.807, 2.05) is 0 Å². The minimum atomic E-state index is -1.05. The van der Waals surface area contributed by atoms with Crippen LogP contribution in [0.3, 0.4) is 0 Å². The molecule has 0 saturated carbocycles. The molecule has 0 aromatic carbocycles. The maximum absolute atomic E-state index is 10.9. The third-order valence-corrected chi connectivity index (χ3v) is 6.93. The van der Waals surface area contributed by atoms with Crippen LogP contribution in [0.25, 0.3) is 0 Å². The van der Waals surface area contributed by atoms with Crippen molar-refractivity contribution in [1.29, 1.82) is 0 Å². The molecule has 0 bridgehead atoms. The van der Waals surface area contributed by atoms with Gasteiger partial charge in [0.25, 0.3) is 0.564 Å². The third-order valence-electron chi connectivity index (χ3n) is 1.15. The average Bonchev–Trinajstić information content (AvgIpc) is 1.97. The van der Waals surface area contributed by atoms with Gasteiger partial charge in [-0.25, -0.2) is 4.79 Å². The molecule has 13 heavy (non-hydrogen) atoms. The Balaban J connectivity index is 3.41. The highest BCUT2D eigenvalue weighted by molar-refractivity contribution is 14.4. The van der Waals surface area contributed by atoms with Gasteiger partial charge in [-0.2, -0.15) is 0 Å². The topological polar surface area (TPSA) is 26.3 Å². The number of carbonyl (C=O) groups is 1. The number of ether oxygens (including phenoxy) is 1. The molecule has 0 heterocycles. The molecule has 0 aliphatic carbocycles. The normalized spacial score (nSPS) is 12.0. The summed E-state index contributed by atoms with van der Waals surface area (Å²) < 4.78 is 3.92. The van der Waals surface area contributed by atoms with Crippen LogP contribution >= 0.6 is 65.4 Å². The van der Waals surface area contributed by atoms with Crippen molar-refractivity contribution in [3.8, 4) is 0 Å². The molecule has 0 aromatic heterocycles.